The molecular weight excluding hydrogens is 480 g/mol. The van der Waals surface area contributed by atoms with Gasteiger partial charge in [-0.1, -0.05) is 55.4 Å². The maximum Gasteiger partial charge on any atom is 0.192 e. The number of carbonyl (C=O) groups excluding carboxylic acids is 1. The van der Waals surface area contributed by atoms with Crippen LogP contribution in [0.5, 0.6) is 0 Å². The van der Waals surface area contributed by atoms with Crippen LogP contribution in [0.1, 0.15) is 108 Å². The fourth-order valence-corrected chi connectivity index (χ4v) is 10.1. The van der Waals surface area contributed by atoms with Crippen LogP contribution in [0.15, 0.2) is 0 Å². The third kappa shape index (κ3) is 5.12. The van der Waals surface area contributed by atoms with E-state index in [4.69, 9.17) is 13.6 Å². The van der Waals surface area contributed by atoms with E-state index in [-0.39, 0.29) is 39.2 Å². The number of fused-ring (bicyclic) bond motifs is 3. The molecule has 1 heterocycles. The summed E-state index contributed by atoms with van der Waals surface area (Å²) in [5.74, 6) is 0.776. The lowest BCUT2D eigenvalue weighted by atomic mass is 9.47. The van der Waals surface area contributed by atoms with Gasteiger partial charge in [0.1, 0.15) is 5.78 Å². The van der Waals surface area contributed by atoms with E-state index >= 15 is 0 Å². The Morgan fingerprint density at radius 1 is 0.889 bits per heavy atom. The van der Waals surface area contributed by atoms with Crippen LogP contribution in [0.3, 0.4) is 0 Å². The van der Waals surface area contributed by atoms with Crippen molar-refractivity contribution in [3.8, 4) is 0 Å². The lowest BCUT2D eigenvalue weighted by molar-refractivity contribution is -0.260. The average Bonchev–Trinajstić information content (AvgIpc) is 2.67. The Kier molecular flexibility index (Phi) is 7.87. The van der Waals surface area contributed by atoms with E-state index in [0.29, 0.717) is 11.7 Å². The van der Waals surface area contributed by atoms with Crippen LogP contribution in [0.4, 0.5) is 0 Å². The second kappa shape index (κ2) is 9.28. The number of Topliss-reactive ketones (excluding diaryl/α,β-unsaturated/α-hetero) is 1. The fourth-order valence-electron chi connectivity index (χ4n) is 6.92. The minimum Gasteiger partial charge on any atom is -0.413 e. The number of rotatable bonds is 5. The van der Waals surface area contributed by atoms with E-state index in [1.165, 1.54) is 0 Å². The van der Waals surface area contributed by atoms with Gasteiger partial charge in [-0.3, -0.25) is 4.79 Å². The van der Waals surface area contributed by atoms with Crippen molar-refractivity contribution in [2.24, 2.45) is 16.7 Å². The third-order valence-corrected chi connectivity index (χ3v) is 20.6. The van der Waals surface area contributed by atoms with Gasteiger partial charge in [0.15, 0.2) is 16.6 Å². The highest BCUT2D eigenvalue weighted by molar-refractivity contribution is 6.74. The monoisotopic (exact) mass is 538 g/mol. The molecule has 0 aromatic heterocycles. The van der Waals surface area contributed by atoms with Crippen LogP contribution in [0, 0.1) is 16.7 Å². The first-order valence-corrected chi connectivity index (χ1v) is 20.4. The van der Waals surface area contributed by atoms with Gasteiger partial charge < -0.3 is 13.6 Å². The first-order chi connectivity index (χ1) is 16.0. The highest BCUT2D eigenvalue weighted by atomic mass is 28.4. The summed E-state index contributed by atoms with van der Waals surface area (Å²) in [6, 6.07) is 0. The van der Waals surface area contributed by atoms with E-state index in [2.05, 4.69) is 95.4 Å². The molecule has 0 N–H and O–H groups in total. The van der Waals surface area contributed by atoms with Crippen molar-refractivity contribution < 1.29 is 18.4 Å². The Labute approximate surface area is 225 Å². The average molecular weight is 539 g/mol. The highest BCUT2D eigenvalue weighted by Crippen LogP contribution is 2.62. The summed E-state index contributed by atoms with van der Waals surface area (Å²) in [7, 11) is -4.04. The molecule has 1 saturated heterocycles. The molecule has 3 fully saturated rings. The molecule has 0 aromatic carbocycles. The maximum absolute atomic E-state index is 13.3. The smallest absolute Gasteiger partial charge is 0.192 e. The molecule has 2 aliphatic carbocycles. The van der Waals surface area contributed by atoms with E-state index in [1.807, 2.05) is 0 Å². The van der Waals surface area contributed by atoms with Crippen molar-refractivity contribution in [2.75, 3.05) is 0 Å². The molecule has 0 unspecified atom stereocenters. The second-order valence-electron chi connectivity index (χ2n) is 16.4. The van der Waals surface area contributed by atoms with Crippen molar-refractivity contribution in [2.45, 2.75) is 168 Å². The third-order valence-electron chi connectivity index (χ3n) is 11.5. The Hall–Kier alpha value is -0.0162. The van der Waals surface area contributed by atoms with Crippen LogP contribution >= 0.6 is 0 Å². The number of hydrogen-bond acceptors (Lipinski definition) is 4. The lowest BCUT2D eigenvalue weighted by Crippen LogP contribution is -2.68. The first kappa shape index (κ1) is 30.5. The molecular formula is C30H58O4Si2. The summed E-state index contributed by atoms with van der Waals surface area (Å²) >= 11 is 0. The van der Waals surface area contributed by atoms with Gasteiger partial charge in [-0.15, -0.1) is 0 Å². The molecule has 2 saturated carbocycles. The number of hydrogen-bond donors (Lipinski definition) is 0. The molecule has 210 valence electrons. The molecule has 0 amide bonds. The molecule has 6 heteroatoms. The molecule has 1 aliphatic heterocycles. The Bertz CT molecular complexity index is 837. The zero-order chi connectivity index (χ0) is 27.8. The topological polar surface area (TPSA) is 44.8 Å². The molecule has 4 nitrogen and oxygen atoms in total. The van der Waals surface area contributed by atoms with Crippen LogP contribution in [-0.4, -0.2) is 46.3 Å². The summed E-state index contributed by atoms with van der Waals surface area (Å²) < 4.78 is 21.5. The van der Waals surface area contributed by atoms with E-state index < -0.39 is 22.2 Å². The summed E-state index contributed by atoms with van der Waals surface area (Å²) in [6.45, 7) is 32.5. The number of ether oxygens (including phenoxy) is 1. The van der Waals surface area contributed by atoms with Gasteiger partial charge in [-0.25, -0.2) is 0 Å². The summed E-state index contributed by atoms with van der Waals surface area (Å²) in [5, 5.41) is 0.264. The summed E-state index contributed by atoms with van der Waals surface area (Å²) in [5.41, 5.74) is -0.813. The van der Waals surface area contributed by atoms with Gasteiger partial charge in [-0.05, 0) is 81.7 Å². The molecule has 0 aromatic rings. The molecule has 0 spiro atoms. The second-order valence-corrected chi connectivity index (χ2v) is 25.9. The van der Waals surface area contributed by atoms with Crippen LogP contribution < -0.4 is 0 Å². The van der Waals surface area contributed by atoms with Gasteiger partial charge in [-0.2, -0.15) is 0 Å². The lowest BCUT2D eigenvalue weighted by Gasteiger charge is -2.64. The predicted octanol–water partition coefficient (Wildman–Crippen LogP) is 8.51. The van der Waals surface area contributed by atoms with E-state index in [0.717, 1.165) is 38.5 Å². The predicted molar refractivity (Wildman–Crippen MR) is 156 cm³/mol. The molecule has 3 rings (SSSR count). The standard InChI is InChI=1S/C30H58O4Si2/c1-26(2,3)35(11,12)33-25-20-24(28(7,8)34-36(13,14)27(4,5)6)32-23-18-19-29(9)21(30(23,25)10)16-15-17-22(29)31/h21,23-25H,15-20H2,1-14H3/t21-,23+,24+,25-,29+,30+/m1/s1. The zero-order valence-corrected chi connectivity index (χ0v) is 28.2. The summed E-state index contributed by atoms with van der Waals surface area (Å²) in [4.78, 5) is 13.3. The Morgan fingerprint density at radius 2 is 1.44 bits per heavy atom. The van der Waals surface area contributed by atoms with E-state index in [1.54, 1.807) is 0 Å². The van der Waals surface area contributed by atoms with Gasteiger partial charge in [0.25, 0.3) is 0 Å². The molecule has 0 radical (unpaired) electrons. The van der Waals surface area contributed by atoms with E-state index in [9.17, 15) is 4.79 Å². The van der Waals surface area contributed by atoms with Crippen LogP contribution in [0.25, 0.3) is 0 Å². The van der Waals surface area contributed by atoms with Gasteiger partial charge in [0.05, 0.1) is 23.9 Å². The highest BCUT2D eigenvalue weighted by Gasteiger charge is 2.65. The number of carbonyl (C=O) groups is 1. The largest absolute Gasteiger partial charge is 0.413 e. The van der Waals surface area contributed by atoms with Crippen LogP contribution in [0.2, 0.25) is 36.3 Å². The maximum atomic E-state index is 13.3. The van der Waals surface area contributed by atoms with Gasteiger partial charge in [0, 0.05) is 23.7 Å². The molecule has 36 heavy (non-hydrogen) atoms. The molecule has 3 aliphatic rings. The number of ketones is 1. The minimum absolute atomic E-state index is 0.0249. The minimum atomic E-state index is -2.05. The SMILES string of the molecule is CC(C)(O[Si](C)(C)C(C)(C)C)[C@@H]1C[C@@H](O[Si](C)(C)C(C)(C)C)[C@]2(C)[C@H](CC[C@]3(C)C(=O)CCC[C@@H]23)O1. The molecule has 0 bridgehead atoms. The Balaban J connectivity index is 2.03. The normalized spacial score (nSPS) is 36.9. The first-order valence-electron chi connectivity index (χ1n) is 14.6. The molecule has 6 atom stereocenters. The Morgan fingerprint density at radius 3 is 1.97 bits per heavy atom. The van der Waals surface area contributed by atoms with Crippen molar-refractivity contribution in [1.82, 2.24) is 0 Å². The van der Waals surface area contributed by atoms with Gasteiger partial charge >= 0.3 is 0 Å². The van der Waals surface area contributed by atoms with Crippen molar-refractivity contribution in [1.29, 1.82) is 0 Å². The summed E-state index contributed by atoms with van der Waals surface area (Å²) in [6.07, 6.45) is 5.67. The quantitative estimate of drug-likeness (QED) is 0.329. The van der Waals surface area contributed by atoms with Gasteiger partial charge in [0.2, 0.25) is 0 Å². The zero-order valence-electron chi connectivity index (χ0n) is 26.2. The fraction of sp³-hybridized carbons (Fsp3) is 0.967. The van der Waals surface area contributed by atoms with Crippen molar-refractivity contribution >= 4 is 22.4 Å². The van der Waals surface area contributed by atoms with Crippen molar-refractivity contribution in [3.05, 3.63) is 0 Å². The van der Waals surface area contributed by atoms with Crippen LogP contribution in [-0.2, 0) is 18.4 Å². The van der Waals surface area contributed by atoms with Crippen molar-refractivity contribution in [3.63, 3.8) is 0 Å².